The molecule has 4 amide bonds. The minimum atomic E-state index is -0.565. The second kappa shape index (κ2) is 14.8. The molecule has 2 aliphatic heterocycles. The highest BCUT2D eigenvalue weighted by atomic mass is 32.2. The van der Waals surface area contributed by atoms with Crippen LogP contribution in [0.25, 0.3) is 6.08 Å². The van der Waals surface area contributed by atoms with Crippen molar-refractivity contribution in [3.8, 4) is 11.5 Å². The topological polar surface area (TPSA) is 127 Å². The van der Waals surface area contributed by atoms with Gasteiger partial charge in [0.25, 0.3) is 17.1 Å². The Morgan fingerprint density at radius 1 is 0.956 bits per heavy atom. The van der Waals surface area contributed by atoms with Gasteiger partial charge in [-0.15, -0.1) is 0 Å². The zero-order chi connectivity index (χ0) is 31.8. The molecule has 5 rings (SSSR count). The van der Waals surface area contributed by atoms with Crippen molar-refractivity contribution in [3.05, 3.63) is 82.8 Å². The number of imide groups is 1. The van der Waals surface area contributed by atoms with E-state index in [4.69, 9.17) is 14.2 Å². The first-order chi connectivity index (χ1) is 21.8. The molecule has 234 valence electrons. The molecule has 0 unspecified atom stereocenters. The van der Waals surface area contributed by atoms with Crippen LogP contribution in [0.15, 0.2) is 71.6 Å². The molecule has 2 aliphatic rings. The summed E-state index contributed by atoms with van der Waals surface area (Å²) in [7, 11) is 1.46. The molecule has 0 aromatic heterocycles. The number of benzene rings is 3. The number of para-hydroxylation sites is 2. The van der Waals surface area contributed by atoms with Crippen LogP contribution in [0, 0.1) is 0 Å². The van der Waals surface area contributed by atoms with Gasteiger partial charge in [-0.25, -0.2) is 0 Å². The summed E-state index contributed by atoms with van der Waals surface area (Å²) >= 11 is 0.757. The number of nitrogens with one attached hydrogen (secondary N) is 2. The Bertz CT molecular complexity index is 1600. The number of ether oxygens (including phenoxy) is 3. The van der Waals surface area contributed by atoms with Crippen LogP contribution in [-0.2, 0) is 25.5 Å². The summed E-state index contributed by atoms with van der Waals surface area (Å²) in [6.45, 7) is 4.00. The molecule has 12 heteroatoms. The molecule has 3 aromatic carbocycles. The van der Waals surface area contributed by atoms with Gasteiger partial charge in [-0.05, 0) is 71.8 Å². The Hall–Kier alpha value is -4.81. The Kier molecular flexibility index (Phi) is 10.4. The fraction of sp³-hybridized carbons (Fsp3) is 0.273. The first-order valence-electron chi connectivity index (χ1n) is 14.5. The summed E-state index contributed by atoms with van der Waals surface area (Å²) in [5.74, 6) is -0.684. The number of anilines is 3. The molecule has 2 heterocycles. The van der Waals surface area contributed by atoms with E-state index in [1.54, 1.807) is 30.3 Å². The van der Waals surface area contributed by atoms with Gasteiger partial charge in [0, 0.05) is 18.8 Å². The summed E-state index contributed by atoms with van der Waals surface area (Å²) in [6, 6.07) is 19.9. The number of amides is 4. The average Bonchev–Trinajstić information content (AvgIpc) is 3.32. The SMILES string of the molecule is CCc1ccc(NC(=O)COc2ccc(/C=C3\SC(=O)N(CC(=O)Nc4ccccc4N4CCOCC4)C3=O)cc2OC)cc1. The van der Waals surface area contributed by atoms with Crippen molar-refractivity contribution in [2.24, 2.45) is 0 Å². The van der Waals surface area contributed by atoms with Gasteiger partial charge in [0.15, 0.2) is 18.1 Å². The summed E-state index contributed by atoms with van der Waals surface area (Å²) < 4.78 is 16.5. The maximum Gasteiger partial charge on any atom is 0.294 e. The second-order valence-corrected chi connectivity index (χ2v) is 11.2. The Morgan fingerprint density at radius 3 is 2.44 bits per heavy atom. The van der Waals surface area contributed by atoms with E-state index in [0.717, 1.165) is 28.8 Å². The number of carbonyl (C=O) groups excluding carboxylic acids is 4. The molecular weight excluding hydrogens is 596 g/mol. The quantitative estimate of drug-likeness (QED) is 0.288. The number of hydrogen-bond acceptors (Lipinski definition) is 9. The van der Waals surface area contributed by atoms with Crippen LogP contribution in [0.4, 0.5) is 21.9 Å². The normalized spacial score (nSPS) is 15.7. The minimum absolute atomic E-state index is 0.172. The van der Waals surface area contributed by atoms with E-state index < -0.39 is 23.6 Å². The standard InChI is InChI=1S/C33H34N4O7S/c1-3-22-8-11-24(12-9-22)34-31(39)21-44-27-13-10-23(18-28(27)42-2)19-29-32(40)37(33(41)45-29)20-30(38)35-25-6-4-5-7-26(25)36-14-16-43-17-15-36/h4-13,18-19H,3,14-17,20-21H2,1-2H3,(H,34,39)(H,35,38)/b29-19-. The summed E-state index contributed by atoms with van der Waals surface area (Å²) in [4.78, 5) is 54.4. The summed E-state index contributed by atoms with van der Waals surface area (Å²) in [5, 5.41) is 5.10. The van der Waals surface area contributed by atoms with Crippen molar-refractivity contribution >= 4 is 57.9 Å². The van der Waals surface area contributed by atoms with Crippen molar-refractivity contribution in [1.82, 2.24) is 4.90 Å². The van der Waals surface area contributed by atoms with Gasteiger partial charge >= 0.3 is 0 Å². The molecular formula is C33H34N4O7S. The molecule has 0 spiro atoms. The minimum Gasteiger partial charge on any atom is -0.493 e. The number of nitrogens with zero attached hydrogens (tertiary/aromatic N) is 2. The van der Waals surface area contributed by atoms with Gasteiger partial charge in [0.1, 0.15) is 6.54 Å². The predicted molar refractivity (Wildman–Crippen MR) is 174 cm³/mol. The maximum atomic E-state index is 13.1. The molecule has 3 aromatic rings. The van der Waals surface area contributed by atoms with E-state index in [9.17, 15) is 19.2 Å². The van der Waals surface area contributed by atoms with Crippen LogP contribution in [0.3, 0.4) is 0 Å². The molecule has 0 bridgehead atoms. The molecule has 0 saturated carbocycles. The molecule has 0 atom stereocenters. The Labute approximate surface area is 265 Å². The number of methoxy groups -OCH3 is 1. The fourth-order valence-corrected chi connectivity index (χ4v) is 5.68. The van der Waals surface area contributed by atoms with E-state index in [-0.39, 0.29) is 17.4 Å². The van der Waals surface area contributed by atoms with Crippen molar-refractivity contribution in [1.29, 1.82) is 0 Å². The van der Waals surface area contributed by atoms with Crippen LogP contribution >= 0.6 is 11.8 Å². The largest absolute Gasteiger partial charge is 0.493 e. The smallest absolute Gasteiger partial charge is 0.294 e. The highest BCUT2D eigenvalue weighted by Gasteiger charge is 2.36. The third kappa shape index (κ3) is 8.02. The molecule has 2 N–H and O–H groups in total. The van der Waals surface area contributed by atoms with E-state index in [2.05, 4.69) is 22.5 Å². The molecule has 0 aliphatic carbocycles. The molecule has 2 saturated heterocycles. The zero-order valence-corrected chi connectivity index (χ0v) is 25.9. The lowest BCUT2D eigenvalue weighted by Crippen LogP contribution is -2.38. The zero-order valence-electron chi connectivity index (χ0n) is 25.0. The Morgan fingerprint density at radius 2 is 1.71 bits per heavy atom. The Balaban J connectivity index is 1.19. The third-order valence-electron chi connectivity index (χ3n) is 7.20. The van der Waals surface area contributed by atoms with Gasteiger partial charge in [-0.1, -0.05) is 37.3 Å². The first-order valence-corrected chi connectivity index (χ1v) is 15.3. The van der Waals surface area contributed by atoms with E-state index in [0.29, 0.717) is 54.7 Å². The van der Waals surface area contributed by atoms with Crippen LogP contribution in [-0.4, -0.2) is 74.4 Å². The lowest BCUT2D eigenvalue weighted by molar-refractivity contribution is -0.127. The second-order valence-electron chi connectivity index (χ2n) is 10.2. The molecule has 2 fully saturated rings. The van der Waals surface area contributed by atoms with Crippen LogP contribution in [0.1, 0.15) is 18.1 Å². The van der Waals surface area contributed by atoms with Crippen LogP contribution in [0.2, 0.25) is 0 Å². The van der Waals surface area contributed by atoms with Gasteiger partial charge < -0.3 is 29.7 Å². The summed E-state index contributed by atoms with van der Waals surface area (Å²) in [5.41, 5.74) is 3.88. The van der Waals surface area contributed by atoms with Gasteiger partial charge in [-0.3, -0.25) is 24.1 Å². The van der Waals surface area contributed by atoms with E-state index >= 15 is 0 Å². The molecule has 45 heavy (non-hydrogen) atoms. The average molecular weight is 631 g/mol. The molecule has 11 nitrogen and oxygen atoms in total. The maximum absolute atomic E-state index is 13.1. The number of rotatable bonds is 11. The van der Waals surface area contributed by atoms with Gasteiger partial charge in [0.2, 0.25) is 5.91 Å². The number of hydrogen-bond donors (Lipinski definition) is 2. The van der Waals surface area contributed by atoms with Crippen molar-refractivity contribution < 1.29 is 33.4 Å². The van der Waals surface area contributed by atoms with Crippen LogP contribution < -0.4 is 25.0 Å². The van der Waals surface area contributed by atoms with E-state index in [1.165, 1.54) is 12.7 Å². The highest BCUT2D eigenvalue weighted by Crippen LogP contribution is 2.35. The lowest BCUT2D eigenvalue weighted by Gasteiger charge is -2.30. The lowest BCUT2D eigenvalue weighted by atomic mass is 10.1. The molecule has 0 radical (unpaired) electrons. The van der Waals surface area contributed by atoms with Gasteiger partial charge in [0.05, 0.1) is 36.6 Å². The third-order valence-corrected chi connectivity index (χ3v) is 8.10. The number of thioether (sulfide) groups is 1. The number of morpholine rings is 1. The first kappa shape index (κ1) is 31.6. The van der Waals surface area contributed by atoms with E-state index in [1.807, 2.05) is 42.5 Å². The van der Waals surface area contributed by atoms with Crippen molar-refractivity contribution in [2.75, 3.05) is 62.1 Å². The number of aryl methyl sites for hydroxylation is 1. The van der Waals surface area contributed by atoms with Crippen molar-refractivity contribution in [2.45, 2.75) is 13.3 Å². The van der Waals surface area contributed by atoms with Crippen molar-refractivity contribution in [3.63, 3.8) is 0 Å². The number of carbonyl (C=O) groups is 4. The fourth-order valence-electron chi connectivity index (χ4n) is 4.84. The van der Waals surface area contributed by atoms with Crippen LogP contribution in [0.5, 0.6) is 11.5 Å². The summed E-state index contributed by atoms with van der Waals surface area (Å²) in [6.07, 6.45) is 2.46. The highest BCUT2D eigenvalue weighted by molar-refractivity contribution is 8.18. The predicted octanol–water partition coefficient (Wildman–Crippen LogP) is 4.79. The van der Waals surface area contributed by atoms with Gasteiger partial charge in [-0.2, -0.15) is 0 Å². The monoisotopic (exact) mass is 630 g/mol.